The number of alkyl halides is 2. The first-order valence-electron chi connectivity index (χ1n) is 13.2. The number of benzene rings is 1. The zero-order valence-corrected chi connectivity index (χ0v) is 20.8. The summed E-state index contributed by atoms with van der Waals surface area (Å²) in [6.07, 6.45) is 4.30. The highest BCUT2D eigenvalue weighted by atomic mass is 19.3. The minimum atomic E-state index is -2.99. The number of hydrogen-bond donors (Lipinski definition) is 1. The van der Waals surface area contributed by atoms with Gasteiger partial charge in [-0.05, 0) is 12.5 Å². The van der Waals surface area contributed by atoms with Gasteiger partial charge >= 0.3 is 6.61 Å². The number of fused-ring (bicyclic) bond motifs is 3. The van der Waals surface area contributed by atoms with Crippen molar-refractivity contribution in [1.82, 2.24) is 19.4 Å². The van der Waals surface area contributed by atoms with Crippen LogP contribution in [-0.2, 0) is 9.47 Å². The van der Waals surface area contributed by atoms with Crippen molar-refractivity contribution in [3.05, 3.63) is 71.7 Å². The van der Waals surface area contributed by atoms with E-state index in [1.807, 2.05) is 0 Å². The molecule has 204 valence electrons. The van der Waals surface area contributed by atoms with Crippen LogP contribution in [0.3, 0.4) is 0 Å². The number of aliphatic hydroxyl groups excluding tert-OH is 1. The Morgan fingerprint density at radius 1 is 1.15 bits per heavy atom. The second kappa shape index (κ2) is 7.71. The van der Waals surface area contributed by atoms with Gasteiger partial charge in [-0.2, -0.15) is 8.78 Å². The van der Waals surface area contributed by atoms with Gasteiger partial charge in [-0.25, -0.2) is 19.3 Å². The molecule has 1 N–H and O–H groups in total. The summed E-state index contributed by atoms with van der Waals surface area (Å²) in [5.74, 6) is -0.0382. The molecule has 3 aromatic heterocycles. The zero-order valence-electron chi connectivity index (χ0n) is 20.8. The van der Waals surface area contributed by atoms with Crippen molar-refractivity contribution in [3.8, 4) is 16.9 Å². The quantitative estimate of drug-likeness (QED) is 0.405. The fourth-order valence-corrected chi connectivity index (χ4v) is 7.62. The molecule has 9 rings (SSSR count). The molecule has 3 saturated heterocycles. The number of para-hydroxylation sites is 1. The number of halogens is 3. The Hall–Kier alpha value is -3.74. The number of anilines is 1. The number of aliphatic hydroxyl groups is 1. The summed E-state index contributed by atoms with van der Waals surface area (Å²) >= 11 is 0. The van der Waals surface area contributed by atoms with Crippen LogP contribution in [0.5, 0.6) is 5.75 Å². The number of piperidine rings is 1. The van der Waals surface area contributed by atoms with Gasteiger partial charge in [-0.15, -0.1) is 0 Å². The van der Waals surface area contributed by atoms with E-state index in [0.717, 1.165) is 0 Å². The molecule has 5 unspecified atom stereocenters. The van der Waals surface area contributed by atoms with E-state index in [-0.39, 0.29) is 41.5 Å². The molecule has 4 fully saturated rings. The van der Waals surface area contributed by atoms with Gasteiger partial charge in [0, 0.05) is 53.2 Å². The first-order chi connectivity index (χ1) is 19.5. The van der Waals surface area contributed by atoms with Crippen molar-refractivity contribution < 1.29 is 32.5 Å². The molecular weight excluding hydrogens is 527 g/mol. The van der Waals surface area contributed by atoms with E-state index in [9.17, 15) is 13.9 Å². The van der Waals surface area contributed by atoms with Gasteiger partial charge in [0.05, 0.1) is 48.9 Å². The second-order valence-corrected chi connectivity index (χ2v) is 11.1. The number of aromatic nitrogens is 4. The smallest absolute Gasteiger partial charge is 0.387 e. The van der Waals surface area contributed by atoms with E-state index >= 15 is 4.39 Å². The molecular formula is C28H22F3N5O4. The zero-order chi connectivity index (χ0) is 26.9. The number of hydrogen-bond acceptors (Lipinski definition) is 8. The standard InChI is InChI=1S/C28H22F3N5O4/c29-16-6-21-34-23-18(37)5-14(13-3-1-2-4-19(13)40-26(30)31)24(23)35(21)9-15(16)12-7-32-27(33-8-12)36-17-10-38-25-22(17)28(25)20(36)11-39-28/h1-4,6-9,14,17-18,20,22,25-26,37H,5,10-11H2/t14-,17?,18-,20?,22?,25?,28?/m1/s1. The number of rotatable bonds is 5. The normalized spacial score (nSPS) is 32.8. The minimum absolute atomic E-state index is 0.0287. The second-order valence-electron chi connectivity index (χ2n) is 11.1. The Kier molecular flexibility index (Phi) is 4.44. The molecule has 5 aliphatic rings. The van der Waals surface area contributed by atoms with Gasteiger partial charge in [0.25, 0.3) is 0 Å². The van der Waals surface area contributed by atoms with Crippen molar-refractivity contribution in [1.29, 1.82) is 0 Å². The van der Waals surface area contributed by atoms with E-state index in [2.05, 4.69) is 19.9 Å². The van der Waals surface area contributed by atoms with Crippen LogP contribution in [0.2, 0.25) is 0 Å². The molecule has 7 atom stereocenters. The van der Waals surface area contributed by atoms with Crippen LogP contribution >= 0.6 is 0 Å². The van der Waals surface area contributed by atoms with Crippen LogP contribution in [-0.4, -0.2) is 68.1 Å². The predicted octanol–water partition coefficient (Wildman–Crippen LogP) is 3.46. The van der Waals surface area contributed by atoms with Gasteiger partial charge in [0.1, 0.15) is 22.8 Å². The SMILES string of the molecule is O[C@@H]1C[C@H](c2ccccc2OC(F)F)c2c1nc1cc(F)c(-c3cnc(N4C5COC6C5C65OCC45)nc3)cn21. The Morgan fingerprint density at radius 3 is 2.73 bits per heavy atom. The van der Waals surface area contributed by atoms with Crippen molar-refractivity contribution in [3.63, 3.8) is 0 Å². The average molecular weight is 550 g/mol. The maximum Gasteiger partial charge on any atom is 0.387 e. The molecule has 1 spiro atoms. The lowest BCUT2D eigenvalue weighted by molar-refractivity contribution is -0.119. The molecule has 4 aromatic rings. The Labute approximate surface area is 225 Å². The van der Waals surface area contributed by atoms with Crippen LogP contribution in [0.15, 0.2) is 48.9 Å². The summed E-state index contributed by atoms with van der Waals surface area (Å²) in [6, 6.07) is 8.18. The lowest BCUT2D eigenvalue weighted by atomic mass is 9.95. The fourth-order valence-electron chi connectivity index (χ4n) is 7.62. The molecule has 0 amide bonds. The molecule has 9 nitrogen and oxygen atoms in total. The highest BCUT2D eigenvalue weighted by Crippen LogP contribution is 2.69. The van der Waals surface area contributed by atoms with Crippen molar-refractivity contribution >= 4 is 11.6 Å². The molecule has 40 heavy (non-hydrogen) atoms. The number of ether oxygens (including phenoxy) is 3. The van der Waals surface area contributed by atoms with Crippen molar-refractivity contribution in [2.45, 2.75) is 48.8 Å². The summed E-state index contributed by atoms with van der Waals surface area (Å²) in [5.41, 5.74) is 2.34. The summed E-state index contributed by atoms with van der Waals surface area (Å²) in [6.45, 7) is -1.75. The van der Waals surface area contributed by atoms with E-state index in [0.29, 0.717) is 53.2 Å². The maximum atomic E-state index is 15.4. The minimum Gasteiger partial charge on any atom is -0.435 e. The molecule has 0 bridgehead atoms. The number of imidazole rings is 1. The lowest BCUT2D eigenvalue weighted by Crippen LogP contribution is -2.57. The molecule has 1 saturated carbocycles. The van der Waals surface area contributed by atoms with Gasteiger partial charge in [-0.3, -0.25) is 0 Å². The summed E-state index contributed by atoms with van der Waals surface area (Å²) in [4.78, 5) is 15.9. The van der Waals surface area contributed by atoms with Crippen LogP contribution < -0.4 is 9.64 Å². The Morgan fingerprint density at radius 2 is 1.98 bits per heavy atom. The highest BCUT2D eigenvalue weighted by molar-refractivity contribution is 5.66. The van der Waals surface area contributed by atoms with E-state index in [1.165, 1.54) is 12.1 Å². The largest absolute Gasteiger partial charge is 0.435 e. The van der Waals surface area contributed by atoms with E-state index < -0.39 is 24.5 Å². The number of nitrogens with zero attached hydrogens (tertiary/aromatic N) is 5. The molecule has 3 aliphatic heterocycles. The first-order valence-corrected chi connectivity index (χ1v) is 13.2. The van der Waals surface area contributed by atoms with Gasteiger partial charge in [-0.1, -0.05) is 18.2 Å². The fraction of sp³-hybridized carbons (Fsp3) is 0.393. The average Bonchev–Trinajstić information content (AvgIpc) is 3.17. The predicted molar refractivity (Wildman–Crippen MR) is 133 cm³/mol. The van der Waals surface area contributed by atoms with Crippen LogP contribution in [0.1, 0.15) is 35.4 Å². The molecule has 1 aromatic carbocycles. The molecule has 6 heterocycles. The van der Waals surface area contributed by atoms with Crippen LogP contribution in [0.25, 0.3) is 16.8 Å². The summed E-state index contributed by atoms with van der Waals surface area (Å²) < 4.78 is 59.9. The highest BCUT2D eigenvalue weighted by Gasteiger charge is 2.87. The Balaban J connectivity index is 1.10. The van der Waals surface area contributed by atoms with Gasteiger partial charge in [0.2, 0.25) is 5.95 Å². The van der Waals surface area contributed by atoms with Gasteiger partial charge in [0.15, 0.2) is 0 Å². The summed E-state index contributed by atoms with van der Waals surface area (Å²) in [5, 5.41) is 10.8. The molecule has 12 heteroatoms. The Bertz CT molecular complexity index is 1700. The molecule has 2 aliphatic carbocycles. The van der Waals surface area contributed by atoms with E-state index in [4.69, 9.17) is 14.2 Å². The third-order valence-electron chi connectivity index (χ3n) is 9.32. The van der Waals surface area contributed by atoms with Crippen LogP contribution in [0.4, 0.5) is 19.1 Å². The maximum absolute atomic E-state index is 15.4. The van der Waals surface area contributed by atoms with E-state index in [1.54, 1.807) is 41.2 Å². The van der Waals surface area contributed by atoms with Crippen molar-refractivity contribution in [2.75, 3.05) is 18.1 Å². The summed E-state index contributed by atoms with van der Waals surface area (Å²) in [7, 11) is 0. The molecule has 0 radical (unpaired) electrons. The topological polar surface area (TPSA) is 94.2 Å². The lowest BCUT2D eigenvalue weighted by Gasteiger charge is -2.40. The van der Waals surface area contributed by atoms with Crippen molar-refractivity contribution in [2.24, 2.45) is 5.92 Å². The first kappa shape index (κ1) is 23.0. The van der Waals surface area contributed by atoms with Gasteiger partial charge < -0.3 is 28.6 Å². The van der Waals surface area contributed by atoms with Crippen LogP contribution in [0, 0.1) is 11.7 Å². The third kappa shape index (κ3) is 2.80. The monoisotopic (exact) mass is 549 g/mol. The number of pyridine rings is 1. The third-order valence-corrected chi connectivity index (χ3v) is 9.32.